The number of nitrogens with zero attached hydrogens (tertiary/aromatic N) is 1. The van der Waals surface area contributed by atoms with Crippen LogP contribution in [0.4, 0.5) is 0 Å². The molecule has 0 bridgehead atoms. The van der Waals surface area contributed by atoms with Gasteiger partial charge in [0.05, 0.1) is 0 Å². The maximum atomic E-state index is 11.7. The van der Waals surface area contributed by atoms with E-state index in [4.69, 9.17) is 0 Å². The molecule has 0 saturated carbocycles. The van der Waals surface area contributed by atoms with Crippen molar-refractivity contribution in [3.63, 3.8) is 0 Å². The number of rotatable bonds is 4. The van der Waals surface area contributed by atoms with E-state index >= 15 is 0 Å². The number of nitrogens with one attached hydrogen (secondary N) is 1. The van der Waals surface area contributed by atoms with Crippen LogP contribution in [0.5, 0.6) is 0 Å². The summed E-state index contributed by atoms with van der Waals surface area (Å²) in [7, 11) is 1.63. The first-order valence-electron chi connectivity index (χ1n) is 6.42. The maximum absolute atomic E-state index is 11.7. The number of carbonyl (C=O) groups excluding carboxylic acids is 1. The molecule has 1 N–H and O–H groups in total. The van der Waals surface area contributed by atoms with Crippen molar-refractivity contribution >= 4 is 5.91 Å². The smallest absolute Gasteiger partial charge is 0.269 e. The predicted molar refractivity (Wildman–Crippen MR) is 76.2 cm³/mol. The number of hydrogen-bond donors (Lipinski definition) is 1. The fourth-order valence-corrected chi connectivity index (χ4v) is 2.11. The van der Waals surface area contributed by atoms with E-state index in [0.29, 0.717) is 5.69 Å². The summed E-state index contributed by atoms with van der Waals surface area (Å²) in [4.78, 5) is 15.9. The first-order valence-corrected chi connectivity index (χ1v) is 6.42. The average Bonchev–Trinajstić information content (AvgIpc) is 2.45. The molecule has 3 heteroatoms. The summed E-state index contributed by atoms with van der Waals surface area (Å²) < 4.78 is 0. The van der Waals surface area contributed by atoms with Crippen molar-refractivity contribution in [1.82, 2.24) is 10.3 Å². The molecule has 2 rings (SSSR count). The number of amides is 1. The summed E-state index contributed by atoms with van der Waals surface area (Å²) in [5.41, 5.74) is 4.06. The van der Waals surface area contributed by atoms with E-state index in [1.54, 1.807) is 13.2 Å². The van der Waals surface area contributed by atoms with Gasteiger partial charge in [0.25, 0.3) is 5.91 Å². The highest BCUT2D eigenvalue weighted by molar-refractivity contribution is 5.93. The van der Waals surface area contributed by atoms with Crippen LogP contribution in [-0.2, 0) is 12.8 Å². The summed E-state index contributed by atoms with van der Waals surface area (Å²) in [6, 6.07) is 12.3. The van der Waals surface area contributed by atoms with E-state index in [2.05, 4.69) is 41.5 Å². The largest absolute Gasteiger partial charge is 0.354 e. The van der Waals surface area contributed by atoms with Crippen molar-refractivity contribution in [2.24, 2.45) is 0 Å². The van der Waals surface area contributed by atoms with Crippen LogP contribution < -0.4 is 5.32 Å². The second-order valence-electron chi connectivity index (χ2n) is 4.58. The Kier molecular flexibility index (Phi) is 4.29. The Morgan fingerprint density at radius 3 is 2.79 bits per heavy atom. The minimum Gasteiger partial charge on any atom is -0.354 e. The standard InChI is InChI=1S/C16H18N2O/c1-12-5-3-6-13(11-12)8-9-14-7-4-10-18-15(14)16(19)17-2/h3-7,10-11H,8-9H2,1-2H3,(H,17,19). The molecule has 0 radical (unpaired) electrons. The van der Waals surface area contributed by atoms with Crippen LogP contribution in [0.15, 0.2) is 42.6 Å². The molecule has 98 valence electrons. The summed E-state index contributed by atoms with van der Waals surface area (Å²) in [5, 5.41) is 2.63. The molecule has 3 nitrogen and oxygen atoms in total. The quantitative estimate of drug-likeness (QED) is 0.911. The van der Waals surface area contributed by atoms with Crippen LogP contribution in [0.1, 0.15) is 27.2 Å². The Balaban J connectivity index is 2.13. The molecule has 0 saturated heterocycles. The zero-order chi connectivity index (χ0) is 13.7. The Morgan fingerprint density at radius 2 is 2.05 bits per heavy atom. The zero-order valence-corrected chi connectivity index (χ0v) is 11.3. The molecule has 1 aromatic heterocycles. The molecule has 0 atom stereocenters. The second kappa shape index (κ2) is 6.14. The zero-order valence-electron chi connectivity index (χ0n) is 11.3. The van der Waals surface area contributed by atoms with Crippen molar-refractivity contribution in [2.75, 3.05) is 7.05 Å². The van der Waals surface area contributed by atoms with Crippen molar-refractivity contribution in [3.8, 4) is 0 Å². The van der Waals surface area contributed by atoms with Crippen molar-refractivity contribution < 1.29 is 4.79 Å². The van der Waals surface area contributed by atoms with Gasteiger partial charge in [-0.15, -0.1) is 0 Å². The van der Waals surface area contributed by atoms with Gasteiger partial charge in [-0.25, -0.2) is 0 Å². The summed E-state index contributed by atoms with van der Waals surface area (Å²) in [6.45, 7) is 2.09. The van der Waals surface area contributed by atoms with Crippen LogP contribution in [0.3, 0.4) is 0 Å². The van der Waals surface area contributed by atoms with E-state index in [0.717, 1.165) is 18.4 Å². The van der Waals surface area contributed by atoms with Crippen LogP contribution in [0.2, 0.25) is 0 Å². The lowest BCUT2D eigenvalue weighted by Crippen LogP contribution is -2.21. The highest BCUT2D eigenvalue weighted by atomic mass is 16.1. The van der Waals surface area contributed by atoms with Gasteiger partial charge in [0.1, 0.15) is 5.69 Å². The Morgan fingerprint density at radius 1 is 1.21 bits per heavy atom. The normalized spacial score (nSPS) is 10.2. The summed E-state index contributed by atoms with van der Waals surface area (Å²) in [6.07, 6.45) is 3.39. The molecule has 2 aromatic rings. The fraction of sp³-hybridized carbons (Fsp3) is 0.250. The number of hydrogen-bond acceptors (Lipinski definition) is 2. The highest BCUT2D eigenvalue weighted by Crippen LogP contribution is 2.11. The van der Waals surface area contributed by atoms with Gasteiger partial charge >= 0.3 is 0 Å². The van der Waals surface area contributed by atoms with Gasteiger partial charge in [0.2, 0.25) is 0 Å². The topological polar surface area (TPSA) is 42.0 Å². The van der Waals surface area contributed by atoms with Crippen LogP contribution in [0.25, 0.3) is 0 Å². The predicted octanol–water partition coefficient (Wildman–Crippen LogP) is 2.53. The first kappa shape index (κ1) is 13.3. The van der Waals surface area contributed by atoms with Gasteiger partial charge in [-0.2, -0.15) is 0 Å². The molecule has 0 spiro atoms. The molecular formula is C16H18N2O. The van der Waals surface area contributed by atoms with Gasteiger partial charge in [0.15, 0.2) is 0 Å². The number of aryl methyl sites for hydroxylation is 3. The van der Waals surface area contributed by atoms with E-state index in [9.17, 15) is 4.79 Å². The van der Waals surface area contributed by atoms with Crippen LogP contribution in [-0.4, -0.2) is 17.9 Å². The van der Waals surface area contributed by atoms with E-state index < -0.39 is 0 Å². The molecule has 0 aliphatic heterocycles. The number of carbonyl (C=O) groups is 1. The lowest BCUT2D eigenvalue weighted by molar-refractivity contribution is 0.0957. The minimum atomic E-state index is -0.125. The lowest BCUT2D eigenvalue weighted by atomic mass is 10.0. The average molecular weight is 254 g/mol. The Hall–Kier alpha value is -2.16. The summed E-state index contributed by atoms with van der Waals surface area (Å²) >= 11 is 0. The SMILES string of the molecule is CNC(=O)c1ncccc1CCc1cccc(C)c1. The van der Waals surface area contributed by atoms with Crippen LogP contribution in [0, 0.1) is 6.92 Å². The third-order valence-corrected chi connectivity index (χ3v) is 3.10. The Bertz CT molecular complexity index is 578. The number of benzene rings is 1. The van der Waals surface area contributed by atoms with Gasteiger partial charge in [0, 0.05) is 13.2 Å². The molecule has 0 unspecified atom stereocenters. The number of aromatic nitrogens is 1. The molecule has 1 amide bonds. The van der Waals surface area contributed by atoms with E-state index in [-0.39, 0.29) is 5.91 Å². The number of pyridine rings is 1. The third kappa shape index (κ3) is 3.41. The molecule has 1 aromatic carbocycles. The van der Waals surface area contributed by atoms with E-state index in [1.807, 2.05) is 12.1 Å². The molecule has 19 heavy (non-hydrogen) atoms. The van der Waals surface area contributed by atoms with Gasteiger partial charge < -0.3 is 5.32 Å². The molecular weight excluding hydrogens is 236 g/mol. The lowest BCUT2D eigenvalue weighted by Gasteiger charge is -2.07. The fourth-order valence-electron chi connectivity index (χ4n) is 2.11. The monoisotopic (exact) mass is 254 g/mol. The highest BCUT2D eigenvalue weighted by Gasteiger charge is 2.10. The van der Waals surface area contributed by atoms with Gasteiger partial charge in [-0.05, 0) is 37.0 Å². The maximum Gasteiger partial charge on any atom is 0.269 e. The first-order chi connectivity index (χ1) is 9.20. The van der Waals surface area contributed by atoms with E-state index in [1.165, 1.54) is 11.1 Å². The summed E-state index contributed by atoms with van der Waals surface area (Å²) in [5.74, 6) is -0.125. The molecule has 1 heterocycles. The van der Waals surface area contributed by atoms with Crippen molar-refractivity contribution in [2.45, 2.75) is 19.8 Å². The molecule has 0 aliphatic rings. The van der Waals surface area contributed by atoms with Crippen molar-refractivity contribution in [3.05, 3.63) is 65.0 Å². The van der Waals surface area contributed by atoms with Crippen LogP contribution >= 0.6 is 0 Å². The molecule has 0 aliphatic carbocycles. The second-order valence-corrected chi connectivity index (χ2v) is 4.58. The molecule has 0 fully saturated rings. The van der Waals surface area contributed by atoms with Gasteiger partial charge in [-0.3, -0.25) is 9.78 Å². The van der Waals surface area contributed by atoms with Crippen molar-refractivity contribution in [1.29, 1.82) is 0 Å². The Labute approximate surface area is 113 Å². The van der Waals surface area contributed by atoms with Gasteiger partial charge in [-0.1, -0.05) is 35.9 Å². The minimum absolute atomic E-state index is 0.125. The third-order valence-electron chi connectivity index (χ3n) is 3.10.